The lowest BCUT2D eigenvalue weighted by molar-refractivity contribution is 0.321. The standard InChI is InChI=1S/C16H18N2O2/c1-3-19-14-6-4-5-7-15(14)20-13-9-8-11(2)10-12(13)16(17)18/h4-10H,3H2,1-2H3,(H3,17,18). The van der Waals surface area contributed by atoms with Crippen molar-refractivity contribution < 1.29 is 9.47 Å². The highest BCUT2D eigenvalue weighted by Gasteiger charge is 2.11. The van der Waals surface area contributed by atoms with Crippen LogP contribution in [0.15, 0.2) is 42.5 Å². The molecule has 0 fully saturated rings. The molecule has 0 unspecified atom stereocenters. The zero-order valence-electron chi connectivity index (χ0n) is 11.6. The highest BCUT2D eigenvalue weighted by molar-refractivity contribution is 5.97. The largest absolute Gasteiger partial charge is 0.490 e. The van der Waals surface area contributed by atoms with E-state index in [2.05, 4.69) is 0 Å². The number of hydrogen-bond acceptors (Lipinski definition) is 3. The number of benzene rings is 2. The molecule has 0 aliphatic carbocycles. The van der Waals surface area contributed by atoms with Crippen LogP contribution in [0.2, 0.25) is 0 Å². The Labute approximate surface area is 118 Å². The summed E-state index contributed by atoms with van der Waals surface area (Å²) in [4.78, 5) is 0. The first-order chi connectivity index (χ1) is 9.61. The fraction of sp³-hybridized carbons (Fsp3) is 0.188. The van der Waals surface area contributed by atoms with Gasteiger partial charge in [-0.15, -0.1) is 0 Å². The molecule has 2 aromatic rings. The van der Waals surface area contributed by atoms with Gasteiger partial charge in [0.2, 0.25) is 0 Å². The van der Waals surface area contributed by atoms with Crippen LogP contribution in [0.1, 0.15) is 18.1 Å². The van der Waals surface area contributed by atoms with Crippen molar-refractivity contribution in [1.29, 1.82) is 5.41 Å². The van der Waals surface area contributed by atoms with E-state index in [0.717, 1.165) is 5.56 Å². The first kappa shape index (κ1) is 13.9. The molecule has 20 heavy (non-hydrogen) atoms. The van der Waals surface area contributed by atoms with Gasteiger partial charge in [0.05, 0.1) is 12.2 Å². The van der Waals surface area contributed by atoms with Gasteiger partial charge in [-0.3, -0.25) is 5.41 Å². The molecule has 0 bridgehead atoms. The molecule has 0 radical (unpaired) electrons. The number of rotatable bonds is 5. The van der Waals surface area contributed by atoms with Gasteiger partial charge in [0, 0.05) is 0 Å². The van der Waals surface area contributed by atoms with Crippen molar-refractivity contribution in [3.05, 3.63) is 53.6 Å². The lowest BCUT2D eigenvalue weighted by atomic mass is 10.1. The molecule has 4 heteroatoms. The van der Waals surface area contributed by atoms with Crippen molar-refractivity contribution >= 4 is 5.84 Å². The average molecular weight is 270 g/mol. The topological polar surface area (TPSA) is 68.3 Å². The molecule has 104 valence electrons. The maximum absolute atomic E-state index is 7.64. The predicted octanol–water partition coefficient (Wildman–Crippen LogP) is 3.47. The van der Waals surface area contributed by atoms with Crippen molar-refractivity contribution in [2.24, 2.45) is 5.73 Å². The third-order valence-electron chi connectivity index (χ3n) is 2.79. The molecule has 0 amide bonds. The van der Waals surface area contributed by atoms with Gasteiger partial charge in [-0.2, -0.15) is 0 Å². The fourth-order valence-electron chi connectivity index (χ4n) is 1.87. The maximum atomic E-state index is 7.64. The summed E-state index contributed by atoms with van der Waals surface area (Å²) in [6, 6.07) is 13.0. The zero-order valence-corrected chi connectivity index (χ0v) is 11.6. The van der Waals surface area contributed by atoms with E-state index in [-0.39, 0.29) is 5.84 Å². The van der Waals surface area contributed by atoms with Crippen LogP contribution in [-0.2, 0) is 0 Å². The summed E-state index contributed by atoms with van der Waals surface area (Å²) < 4.78 is 11.4. The van der Waals surface area contributed by atoms with Crippen LogP contribution >= 0.6 is 0 Å². The number of para-hydroxylation sites is 2. The van der Waals surface area contributed by atoms with E-state index in [0.29, 0.717) is 29.4 Å². The SMILES string of the molecule is CCOc1ccccc1Oc1ccc(C)cc1C(=N)N. The van der Waals surface area contributed by atoms with Gasteiger partial charge in [-0.25, -0.2) is 0 Å². The van der Waals surface area contributed by atoms with Crippen LogP contribution in [0.4, 0.5) is 0 Å². The van der Waals surface area contributed by atoms with E-state index in [1.54, 1.807) is 0 Å². The third-order valence-corrected chi connectivity index (χ3v) is 2.79. The number of amidine groups is 1. The number of hydrogen-bond donors (Lipinski definition) is 2. The van der Waals surface area contributed by atoms with E-state index < -0.39 is 0 Å². The Kier molecular flexibility index (Phi) is 4.25. The van der Waals surface area contributed by atoms with Crippen LogP contribution in [0.3, 0.4) is 0 Å². The van der Waals surface area contributed by atoms with Crippen LogP contribution in [0, 0.1) is 12.3 Å². The minimum atomic E-state index is -0.0161. The molecule has 0 heterocycles. The lowest BCUT2D eigenvalue weighted by Gasteiger charge is -2.14. The van der Waals surface area contributed by atoms with Crippen molar-refractivity contribution in [1.82, 2.24) is 0 Å². The van der Waals surface area contributed by atoms with Crippen LogP contribution in [0.5, 0.6) is 17.2 Å². The molecule has 0 saturated carbocycles. The van der Waals surface area contributed by atoms with Gasteiger partial charge in [0.15, 0.2) is 11.5 Å². The van der Waals surface area contributed by atoms with Gasteiger partial charge >= 0.3 is 0 Å². The summed E-state index contributed by atoms with van der Waals surface area (Å²) in [6.07, 6.45) is 0. The highest BCUT2D eigenvalue weighted by atomic mass is 16.5. The first-order valence-corrected chi connectivity index (χ1v) is 6.46. The summed E-state index contributed by atoms with van der Waals surface area (Å²) in [5, 5.41) is 7.64. The normalized spacial score (nSPS) is 10.1. The van der Waals surface area contributed by atoms with Gasteiger partial charge in [-0.05, 0) is 38.1 Å². The molecule has 0 aromatic heterocycles. The van der Waals surface area contributed by atoms with Crippen LogP contribution in [-0.4, -0.2) is 12.4 Å². The van der Waals surface area contributed by atoms with E-state index in [1.165, 1.54) is 0 Å². The van der Waals surface area contributed by atoms with Gasteiger partial charge in [0.25, 0.3) is 0 Å². The van der Waals surface area contributed by atoms with Crippen molar-refractivity contribution in [2.45, 2.75) is 13.8 Å². The summed E-state index contributed by atoms with van der Waals surface area (Å²) in [5.74, 6) is 1.82. The Morgan fingerprint density at radius 2 is 1.80 bits per heavy atom. The van der Waals surface area contributed by atoms with Gasteiger partial charge in [0.1, 0.15) is 11.6 Å². The second-order valence-electron chi connectivity index (χ2n) is 4.40. The molecule has 2 aromatic carbocycles. The first-order valence-electron chi connectivity index (χ1n) is 6.46. The second kappa shape index (κ2) is 6.10. The maximum Gasteiger partial charge on any atom is 0.169 e. The molecule has 2 rings (SSSR count). The number of ether oxygens (including phenoxy) is 2. The summed E-state index contributed by atoms with van der Waals surface area (Å²) >= 11 is 0. The summed E-state index contributed by atoms with van der Waals surface area (Å²) in [5.41, 5.74) is 7.21. The molecule has 0 aliphatic heterocycles. The molecule has 0 saturated heterocycles. The highest BCUT2D eigenvalue weighted by Crippen LogP contribution is 2.33. The molecule has 0 spiro atoms. The minimum absolute atomic E-state index is 0.0161. The monoisotopic (exact) mass is 270 g/mol. The van der Waals surface area contributed by atoms with Crippen LogP contribution in [0.25, 0.3) is 0 Å². The molecular weight excluding hydrogens is 252 g/mol. The number of nitrogen functional groups attached to an aromatic ring is 1. The van der Waals surface area contributed by atoms with E-state index in [9.17, 15) is 0 Å². The molecule has 4 nitrogen and oxygen atoms in total. The zero-order chi connectivity index (χ0) is 14.5. The number of aryl methyl sites for hydroxylation is 1. The number of nitrogens with two attached hydrogens (primary N) is 1. The molecule has 3 N–H and O–H groups in total. The lowest BCUT2D eigenvalue weighted by Crippen LogP contribution is -2.12. The van der Waals surface area contributed by atoms with Crippen LogP contribution < -0.4 is 15.2 Å². The van der Waals surface area contributed by atoms with Gasteiger partial charge in [-0.1, -0.05) is 23.8 Å². The number of nitrogens with one attached hydrogen (secondary N) is 1. The van der Waals surface area contributed by atoms with E-state index >= 15 is 0 Å². The molecular formula is C16H18N2O2. The Bertz CT molecular complexity index is 624. The Hall–Kier alpha value is -2.49. The minimum Gasteiger partial charge on any atom is -0.490 e. The Morgan fingerprint density at radius 3 is 2.45 bits per heavy atom. The smallest absolute Gasteiger partial charge is 0.169 e. The Morgan fingerprint density at radius 1 is 1.10 bits per heavy atom. The van der Waals surface area contributed by atoms with Gasteiger partial charge < -0.3 is 15.2 Å². The molecule has 0 aliphatic rings. The van der Waals surface area contributed by atoms with E-state index in [4.69, 9.17) is 20.6 Å². The third kappa shape index (κ3) is 3.09. The summed E-state index contributed by atoms with van der Waals surface area (Å²) in [7, 11) is 0. The van der Waals surface area contributed by atoms with Crippen molar-refractivity contribution in [3.8, 4) is 17.2 Å². The average Bonchev–Trinajstić information content (AvgIpc) is 2.43. The summed E-state index contributed by atoms with van der Waals surface area (Å²) in [6.45, 7) is 4.43. The quantitative estimate of drug-likeness (QED) is 0.645. The predicted molar refractivity (Wildman–Crippen MR) is 79.9 cm³/mol. The molecule has 0 atom stereocenters. The second-order valence-corrected chi connectivity index (χ2v) is 4.40. The Balaban J connectivity index is 2.37. The van der Waals surface area contributed by atoms with Crippen molar-refractivity contribution in [3.63, 3.8) is 0 Å². The van der Waals surface area contributed by atoms with E-state index in [1.807, 2.05) is 56.3 Å². The van der Waals surface area contributed by atoms with Crippen molar-refractivity contribution in [2.75, 3.05) is 6.61 Å². The fourth-order valence-corrected chi connectivity index (χ4v) is 1.87.